The van der Waals surface area contributed by atoms with Gasteiger partial charge in [-0.05, 0) is 6.42 Å². The van der Waals surface area contributed by atoms with Crippen LogP contribution in [0, 0.1) is 0 Å². The molecule has 0 fully saturated rings. The van der Waals surface area contributed by atoms with Gasteiger partial charge in [0, 0.05) is 6.42 Å². The highest BCUT2D eigenvalue weighted by molar-refractivity contribution is 5.08. The first-order valence-electron chi connectivity index (χ1n) is 5.49. The monoisotopic (exact) mass is 210 g/mol. The Bertz CT molecular complexity index is 347. The Hall–Kier alpha value is -1.32. The van der Waals surface area contributed by atoms with Crippen molar-refractivity contribution in [3.8, 4) is 5.88 Å². The van der Waals surface area contributed by atoms with E-state index in [1.165, 1.54) is 6.07 Å². The molecular formula is C11H18N2O2. The van der Waals surface area contributed by atoms with E-state index in [1.807, 2.05) is 6.92 Å². The summed E-state index contributed by atoms with van der Waals surface area (Å²) >= 11 is 0. The van der Waals surface area contributed by atoms with Crippen molar-refractivity contribution in [3.63, 3.8) is 0 Å². The lowest BCUT2D eigenvalue weighted by Crippen LogP contribution is -2.12. The van der Waals surface area contributed by atoms with Crippen molar-refractivity contribution >= 4 is 0 Å². The van der Waals surface area contributed by atoms with Gasteiger partial charge in [-0.1, -0.05) is 26.7 Å². The van der Waals surface area contributed by atoms with Crippen LogP contribution in [0.5, 0.6) is 5.88 Å². The van der Waals surface area contributed by atoms with Crippen molar-refractivity contribution in [1.29, 1.82) is 0 Å². The summed E-state index contributed by atoms with van der Waals surface area (Å²) in [5.74, 6) is 1.11. The van der Waals surface area contributed by atoms with Gasteiger partial charge in [-0.25, -0.2) is 4.98 Å². The molecule has 1 aromatic heterocycles. The van der Waals surface area contributed by atoms with E-state index in [-0.39, 0.29) is 5.56 Å². The zero-order valence-corrected chi connectivity index (χ0v) is 9.38. The fraction of sp³-hybridized carbons (Fsp3) is 0.636. The second kappa shape index (κ2) is 6.22. The highest BCUT2D eigenvalue weighted by Crippen LogP contribution is 2.04. The molecule has 4 nitrogen and oxygen atoms in total. The fourth-order valence-electron chi connectivity index (χ4n) is 1.25. The van der Waals surface area contributed by atoms with E-state index in [0.29, 0.717) is 24.7 Å². The Morgan fingerprint density at radius 3 is 2.87 bits per heavy atom. The maximum Gasteiger partial charge on any atom is 0.254 e. The Morgan fingerprint density at radius 1 is 1.40 bits per heavy atom. The van der Waals surface area contributed by atoms with Gasteiger partial charge in [-0.3, -0.25) is 4.79 Å². The molecule has 0 aromatic carbocycles. The van der Waals surface area contributed by atoms with Crippen molar-refractivity contribution < 1.29 is 4.74 Å². The molecule has 1 heterocycles. The largest absolute Gasteiger partial charge is 0.477 e. The first-order valence-corrected chi connectivity index (χ1v) is 5.49. The molecule has 0 saturated carbocycles. The molecule has 4 heteroatoms. The Balaban J connectivity index is 2.53. The van der Waals surface area contributed by atoms with Gasteiger partial charge in [-0.15, -0.1) is 0 Å². The summed E-state index contributed by atoms with van der Waals surface area (Å²) in [5.41, 5.74) is -0.146. The number of hydrogen-bond donors (Lipinski definition) is 1. The zero-order valence-electron chi connectivity index (χ0n) is 9.38. The maximum atomic E-state index is 11.2. The maximum absolute atomic E-state index is 11.2. The molecule has 1 aromatic rings. The highest BCUT2D eigenvalue weighted by Gasteiger charge is 2.00. The number of rotatable bonds is 6. The Morgan fingerprint density at radius 2 is 2.20 bits per heavy atom. The quantitative estimate of drug-likeness (QED) is 0.729. The molecule has 0 bridgehead atoms. The highest BCUT2D eigenvalue weighted by atomic mass is 16.5. The number of nitrogens with zero attached hydrogens (tertiary/aromatic N) is 1. The number of aryl methyl sites for hydroxylation is 1. The average Bonchev–Trinajstić information content (AvgIpc) is 2.23. The van der Waals surface area contributed by atoms with Gasteiger partial charge in [0.15, 0.2) is 0 Å². The lowest BCUT2D eigenvalue weighted by atomic mass is 10.3. The Labute approximate surface area is 89.7 Å². The van der Waals surface area contributed by atoms with Crippen LogP contribution < -0.4 is 10.3 Å². The SMILES string of the molecule is CCCCCOc1cc(=O)[nH]c(CC)n1. The van der Waals surface area contributed by atoms with Crippen molar-refractivity contribution in [2.75, 3.05) is 6.61 Å². The van der Waals surface area contributed by atoms with Crippen molar-refractivity contribution in [1.82, 2.24) is 9.97 Å². The van der Waals surface area contributed by atoms with Crippen LogP contribution in [0.4, 0.5) is 0 Å². The number of hydrogen-bond acceptors (Lipinski definition) is 3. The minimum absolute atomic E-state index is 0.146. The van der Waals surface area contributed by atoms with Crippen LogP contribution in [0.3, 0.4) is 0 Å². The van der Waals surface area contributed by atoms with Crippen LogP contribution in [0.15, 0.2) is 10.9 Å². The third-order valence-electron chi connectivity index (χ3n) is 2.10. The first-order chi connectivity index (χ1) is 7.26. The predicted molar refractivity (Wildman–Crippen MR) is 59.3 cm³/mol. The minimum Gasteiger partial charge on any atom is -0.477 e. The first kappa shape index (κ1) is 11.8. The zero-order chi connectivity index (χ0) is 11.1. The lowest BCUT2D eigenvalue weighted by Gasteiger charge is -2.05. The molecule has 0 radical (unpaired) electrons. The fourth-order valence-corrected chi connectivity index (χ4v) is 1.25. The summed E-state index contributed by atoms with van der Waals surface area (Å²) in [4.78, 5) is 18.0. The standard InChI is InChI=1S/C11H18N2O2/c1-3-5-6-7-15-11-8-10(14)12-9(4-2)13-11/h8H,3-7H2,1-2H3,(H,12,13,14). The van der Waals surface area contributed by atoms with Crippen molar-refractivity contribution in [2.45, 2.75) is 39.5 Å². The van der Waals surface area contributed by atoms with Crippen LogP contribution >= 0.6 is 0 Å². The topological polar surface area (TPSA) is 55.0 Å². The molecule has 0 aliphatic rings. The van der Waals surface area contributed by atoms with Crippen LogP contribution in [0.1, 0.15) is 38.9 Å². The van der Waals surface area contributed by atoms with Gasteiger partial charge >= 0.3 is 0 Å². The molecule has 0 spiro atoms. The lowest BCUT2D eigenvalue weighted by molar-refractivity contribution is 0.293. The van der Waals surface area contributed by atoms with Crippen molar-refractivity contribution in [2.24, 2.45) is 0 Å². The van der Waals surface area contributed by atoms with E-state index >= 15 is 0 Å². The number of unbranched alkanes of at least 4 members (excludes halogenated alkanes) is 2. The van der Waals surface area contributed by atoms with E-state index in [1.54, 1.807) is 0 Å². The van der Waals surface area contributed by atoms with Gasteiger partial charge in [0.25, 0.3) is 5.56 Å². The second-order valence-electron chi connectivity index (χ2n) is 3.44. The van der Waals surface area contributed by atoms with Crippen LogP contribution in [0.2, 0.25) is 0 Å². The van der Waals surface area contributed by atoms with Crippen molar-refractivity contribution in [3.05, 3.63) is 22.2 Å². The van der Waals surface area contributed by atoms with Gasteiger partial charge in [0.05, 0.1) is 12.7 Å². The Kier molecular flexibility index (Phi) is 4.87. The van der Waals surface area contributed by atoms with E-state index in [9.17, 15) is 4.79 Å². The summed E-state index contributed by atoms with van der Waals surface area (Å²) < 4.78 is 5.40. The second-order valence-corrected chi connectivity index (χ2v) is 3.44. The van der Waals surface area contributed by atoms with E-state index in [2.05, 4.69) is 16.9 Å². The molecule has 15 heavy (non-hydrogen) atoms. The molecule has 0 aliphatic carbocycles. The molecule has 0 amide bonds. The van der Waals surface area contributed by atoms with Crippen LogP contribution in [-0.4, -0.2) is 16.6 Å². The molecule has 0 saturated heterocycles. The van der Waals surface area contributed by atoms with E-state index < -0.39 is 0 Å². The van der Waals surface area contributed by atoms with Gasteiger partial charge in [-0.2, -0.15) is 0 Å². The number of H-pyrrole nitrogens is 1. The summed E-state index contributed by atoms with van der Waals surface area (Å²) in [6, 6.07) is 1.39. The summed E-state index contributed by atoms with van der Waals surface area (Å²) in [5, 5.41) is 0. The van der Waals surface area contributed by atoms with Gasteiger partial charge in [0.2, 0.25) is 5.88 Å². The third kappa shape index (κ3) is 4.14. The van der Waals surface area contributed by atoms with Crippen LogP contribution in [0.25, 0.3) is 0 Å². The van der Waals surface area contributed by atoms with Crippen LogP contribution in [-0.2, 0) is 6.42 Å². The summed E-state index contributed by atoms with van der Waals surface area (Å²) in [6.07, 6.45) is 4.02. The van der Waals surface area contributed by atoms with Gasteiger partial charge < -0.3 is 9.72 Å². The van der Waals surface area contributed by atoms with Gasteiger partial charge in [0.1, 0.15) is 5.82 Å². The number of aromatic nitrogens is 2. The molecule has 1 rings (SSSR count). The molecule has 84 valence electrons. The molecule has 0 atom stereocenters. The van der Waals surface area contributed by atoms with E-state index in [4.69, 9.17) is 4.74 Å². The number of aromatic amines is 1. The van der Waals surface area contributed by atoms with E-state index in [0.717, 1.165) is 19.3 Å². The number of nitrogens with one attached hydrogen (secondary N) is 1. The summed E-state index contributed by atoms with van der Waals surface area (Å²) in [7, 11) is 0. The average molecular weight is 210 g/mol. The number of ether oxygens (including phenoxy) is 1. The smallest absolute Gasteiger partial charge is 0.254 e. The summed E-state index contributed by atoms with van der Waals surface area (Å²) in [6.45, 7) is 4.72. The molecular weight excluding hydrogens is 192 g/mol. The third-order valence-corrected chi connectivity index (χ3v) is 2.10. The molecule has 0 aliphatic heterocycles. The predicted octanol–water partition coefficient (Wildman–Crippen LogP) is 1.90. The molecule has 0 unspecified atom stereocenters. The molecule has 1 N–H and O–H groups in total. The normalized spacial score (nSPS) is 10.3. The minimum atomic E-state index is -0.146.